The van der Waals surface area contributed by atoms with Crippen LogP contribution >= 0.6 is 0 Å². The van der Waals surface area contributed by atoms with Gasteiger partial charge in [0.05, 0.1) is 20.1 Å². The van der Waals surface area contributed by atoms with Gasteiger partial charge in [0.2, 0.25) is 0 Å². The van der Waals surface area contributed by atoms with Gasteiger partial charge in [-0.05, 0) is 25.8 Å². The van der Waals surface area contributed by atoms with Crippen LogP contribution in [0.2, 0.25) is 0 Å². The molecular weight excluding hydrogens is 218 g/mol. The van der Waals surface area contributed by atoms with E-state index in [9.17, 15) is 4.79 Å². The zero-order chi connectivity index (χ0) is 12.5. The van der Waals surface area contributed by atoms with Crippen LogP contribution in [0.3, 0.4) is 0 Å². The first-order valence-electron chi connectivity index (χ1n) is 6.66. The van der Waals surface area contributed by atoms with Crippen molar-refractivity contribution >= 4 is 5.97 Å². The van der Waals surface area contributed by atoms with E-state index in [1.165, 1.54) is 20.0 Å². The molecule has 1 atom stereocenters. The topological polar surface area (TPSA) is 38.8 Å². The van der Waals surface area contributed by atoms with Crippen molar-refractivity contribution < 1.29 is 14.3 Å². The summed E-state index contributed by atoms with van der Waals surface area (Å²) in [7, 11) is 1.46. The molecule has 1 unspecified atom stereocenters. The fourth-order valence-electron chi connectivity index (χ4n) is 2.29. The van der Waals surface area contributed by atoms with Crippen LogP contribution in [0.1, 0.15) is 39.0 Å². The summed E-state index contributed by atoms with van der Waals surface area (Å²) in [6.07, 6.45) is 5.12. The molecule has 1 aliphatic heterocycles. The largest absolute Gasteiger partial charge is 0.469 e. The highest BCUT2D eigenvalue weighted by Crippen LogP contribution is 2.19. The molecule has 1 aliphatic rings. The number of methoxy groups -OCH3 is 1. The van der Waals surface area contributed by atoms with Crippen LogP contribution in [-0.2, 0) is 14.3 Å². The first-order chi connectivity index (χ1) is 8.27. The van der Waals surface area contributed by atoms with E-state index in [-0.39, 0.29) is 5.97 Å². The number of rotatable bonds is 7. The van der Waals surface area contributed by atoms with Gasteiger partial charge < -0.3 is 9.47 Å². The summed E-state index contributed by atoms with van der Waals surface area (Å²) in [5.74, 6) is -0.101. The van der Waals surface area contributed by atoms with E-state index in [0.717, 1.165) is 39.1 Å². The van der Waals surface area contributed by atoms with Gasteiger partial charge >= 0.3 is 5.97 Å². The quantitative estimate of drug-likeness (QED) is 0.505. The van der Waals surface area contributed by atoms with Crippen LogP contribution in [0.15, 0.2) is 0 Å². The molecule has 0 aromatic carbocycles. The molecular formula is C13H25NO3. The van der Waals surface area contributed by atoms with E-state index >= 15 is 0 Å². The first kappa shape index (κ1) is 14.5. The second-order valence-electron chi connectivity index (χ2n) is 4.58. The SMILES string of the molecule is CCCOCCN1CCCCC1CC(=O)OC. The molecule has 1 fully saturated rings. The van der Waals surface area contributed by atoms with Gasteiger partial charge in [-0.3, -0.25) is 9.69 Å². The van der Waals surface area contributed by atoms with Crippen molar-refractivity contribution in [2.75, 3.05) is 33.4 Å². The monoisotopic (exact) mass is 243 g/mol. The molecule has 1 saturated heterocycles. The van der Waals surface area contributed by atoms with Crippen LogP contribution in [0.4, 0.5) is 0 Å². The van der Waals surface area contributed by atoms with E-state index in [1.807, 2.05) is 0 Å². The molecule has 0 saturated carbocycles. The zero-order valence-electron chi connectivity index (χ0n) is 11.1. The zero-order valence-corrected chi connectivity index (χ0v) is 11.1. The van der Waals surface area contributed by atoms with Gasteiger partial charge in [0.1, 0.15) is 0 Å². The van der Waals surface area contributed by atoms with Gasteiger partial charge in [-0.2, -0.15) is 0 Å². The third-order valence-electron chi connectivity index (χ3n) is 3.25. The molecule has 1 rings (SSSR count). The summed E-state index contributed by atoms with van der Waals surface area (Å²) < 4.78 is 10.3. The van der Waals surface area contributed by atoms with Crippen molar-refractivity contribution in [1.29, 1.82) is 0 Å². The summed E-state index contributed by atoms with van der Waals surface area (Å²) in [4.78, 5) is 13.7. The fraction of sp³-hybridized carbons (Fsp3) is 0.923. The normalized spacial score (nSPS) is 21.4. The number of hydrogen-bond acceptors (Lipinski definition) is 4. The van der Waals surface area contributed by atoms with E-state index in [2.05, 4.69) is 11.8 Å². The number of piperidine rings is 1. The van der Waals surface area contributed by atoms with E-state index in [4.69, 9.17) is 9.47 Å². The molecule has 0 spiro atoms. The molecule has 0 radical (unpaired) electrons. The molecule has 0 N–H and O–H groups in total. The van der Waals surface area contributed by atoms with Crippen LogP contribution in [0, 0.1) is 0 Å². The maximum absolute atomic E-state index is 11.3. The minimum Gasteiger partial charge on any atom is -0.469 e. The Labute approximate surface area is 104 Å². The van der Waals surface area contributed by atoms with Crippen LogP contribution in [0.25, 0.3) is 0 Å². The number of esters is 1. The van der Waals surface area contributed by atoms with E-state index in [0.29, 0.717) is 12.5 Å². The highest BCUT2D eigenvalue weighted by Gasteiger charge is 2.24. The number of likely N-dealkylation sites (tertiary alicyclic amines) is 1. The lowest BCUT2D eigenvalue weighted by atomic mass is 9.99. The number of hydrogen-bond donors (Lipinski definition) is 0. The van der Waals surface area contributed by atoms with Crippen molar-refractivity contribution in [1.82, 2.24) is 4.90 Å². The highest BCUT2D eigenvalue weighted by molar-refractivity contribution is 5.69. The maximum Gasteiger partial charge on any atom is 0.307 e. The Kier molecular flexibility index (Phi) is 7.21. The van der Waals surface area contributed by atoms with Gasteiger partial charge in [-0.25, -0.2) is 0 Å². The summed E-state index contributed by atoms with van der Waals surface area (Å²) in [5.41, 5.74) is 0. The Morgan fingerprint density at radius 1 is 1.35 bits per heavy atom. The predicted octanol–water partition coefficient (Wildman–Crippen LogP) is 1.83. The molecule has 0 aliphatic carbocycles. The third kappa shape index (κ3) is 5.50. The van der Waals surface area contributed by atoms with Gasteiger partial charge in [0.15, 0.2) is 0 Å². The number of carbonyl (C=O) groups excluding carboxylic acids is 1. The average Bonchev–Trinajstić information content (AvgIpc) is 2.36. The maximum atomic E-state index is 11.3. The van der Waals surface area contributed by atoms with Crippen LogP contribution in [-0.4, -0.2) is 50.3 Å². The first-order valence-corrected chi connectivity index (χ1v) is 6.66. The van der Waals surface area contributed by atoms with Crippen molar-refractivity contribution in [3.05, 3.63) is 0 Å². The molecule has 17 heavy (non-hydrogen) atoms. The van der Waals surface area contributed by atoms with Gasteiger partial charge in [-0.1, -0.05) is 13.3 Å². The smallest absolute Gasteiger partial charge is 0.307 e. The molecule has 0 amide bonds. The summed E-state index contributed by atoms with van der Waals surface area (Å²) in [6, 6.07) is 0.349. The lowest BCUT2D eigenvalue weighted by Crippen LogP contribution is -2.42. The Balaban J connectivity index is 2.29. The average molecular weight is 243 g/mol. The lowest BCUT2D eigenvalue weighted by molar-refractivity contribution is -0.142. The Hall–Kier alpha value is -0.610. The predicted molar refractivity (Wildman–Crippen MR) is 67.0 cm³/mol. The van der Waals surface area contributed by atoms with Gasteiger partial charge in [-0.15, -0.1) is 0 Å². The van der Waals surface area contributed by atoms with Crippen molar-refractivity contribution in [3.8, 4) is 0 Å². The van der Waals surface area contributed by atoms with Crippen molar-refractivity contribution in [2.24, 2.45) is 0 Å². The molecule has 0 aromatic heterocycles. The summed E-state index contributed by atoms with van der Waals surface area (Å²) in [5, 5.41) is 0. The molecule has 1 heterocycles. The number of carbonyl (C=O) groups is 1. The minimum absolute atomic E-state index is 0.101. The van der Waals surface area contributed by atoms with Gasteiger partial charge in [0, 0.05) is 19.2 Å². The Morgan fingerprint density at radius 3 is 2.88 bits per heavy atom. The van der Waals surface area contributed by atoms with Crippen LogP contribution < -0.4 is 0 Å². The van der Waals surface area contributed by atoms with Crippen molar-refractivity contribution in [3.63, 3.8) is 0 Å². The second kappa shape index (κ2) is 8.48. The Morgan fingerprint density at radius 2 is 2.18 bits per heavy atom. The summed E-state index contributed by atoms with van der Waals surface area (Å²) in [6.45, 7) is 5.72. The minimum atomic E-state index is -0.101. The molecule has 4 nitrogen and oxygen atoms in total. The fourth-order valence-corrected chi connectivity index (χ4v) is 2.29. The van der Waals surface area contributed by atoms with Crippen LogP contribution in [0.5, 0.6) is 0 Å². The third-order valence-corrected chi connectivity index (χ3v) is 3.25. The Bertz CT molecular complexity index is 221. The van der Waals surface area contributed by atoms with Gasteiger partial charge in [0.25, 0.3) is 0 Å². The standard InChI is InChI=1S/C13H25NO3/c1-3-9-17-10-8-14-7-5-4-6-12(14)11-13(15)16-2/h12H,3-11H2,1-2H3. The number of nitrogens with zero attached hydrogens (tertiary/aromatic N) is 1. The van der Waals surface area contributed by atoms with E-state index < -0.39 is 0 Å². The summed E-state index contributed by atoms with van der Waals surface area (Å²) >= 11 is 0. The van der Waals surface area contributed by atoms with Crippen molar-refractivity contribution in [2.45, 2.75) is 45.1 Å². The lowest BCUT2D eigenvalue weighted by Gasteiger charge is -2.34. The number of ether oxygens (including phenoxy) is 2. The highest BCUT2D eigenvalue weighted by atomic mass is 16.5. The molecule has 0 bridgehead atoms. The molecule has 0 aromatic rings. The molecule has 100 valence electrons. The van der Waals surface area contributed by atoms with E-state index in [1.54, 1.807) is 0 Å². The molecule has 4 heteroatoms. The second-order valence-corrected chi connectivity index (χ2v) is 4.58.